The van der Waals surface area contributed by atoms with Gasteiger partial charge in [0.15, 0.2) is 0 Å². The molecular formula is C80H84F8N4O4S24. The molecule has 40 heteroatoms. The Bertz CT molecular complexity index is 4400. The van der Waals surface area contributed by atoms with Gasteiger partial charge < -0.3 is 19.9 Å². The number of halogens is 8. The second-order valence-electron chi connectivity index (χ2n) is 29.5. The van der Waals surface area contributed by atoms with Crippen LogP contribution in [0.4, 0.5) is 35.1 Å². The zero-order valence-corrected chi connectivity index (χ0v) is 87.4. The summed E-state index contributed by atoms with van der Waals surface area (Å²) in [6.45, 7) is 38.9. The number of hydrogen-bond acceptors (Lipinski definition) is 28. The van der Waals surface area contributed by atoms with Gasteiger partial charge in [-0.1, -0.05) is 244 Å². The highest BCUT2D eigenvalue weighted by atomic mass is 32.3. The number of Topliss-reactive ketones (excluding diaryl/α,β-unsaturated/α-hetero) is 4. The van der Waals surface area contributed by atoms with E-state index in [4.69, 9.17) is 0 Å². The lowest BCUT2D eigenvalue weighted by Gasteiger charge is -2.30. The first-order chi connectivity index (χ1) is 57.2. The molecule has 0 atom stereocenters. The van der Waals surface area contributed by atoms with E-state index >= 15 is 0 Å². The van der Waals surface area contributed by atoms with Crippen LogP contribution in [0.15, 0.2) is 154 Å². The Morgan fingerprint density at radius 2 is 0.317 bits per heavy atom. The smallest absolute Gasteiger partial charge is 0.256 e. The minimum Gasteiger partial charge on any atom is -0.359 e. The minimum atomic E-state index is -2.20. The van der Waals surface area contributed by atoms with E-state index in [9.17, 15) is 54.3 Å². The van der Waals surface area contributed by atoms with Gasteiger partial charge in [-0.05, 0) is 153 Å². The molecule has 648 valence electrons. The van der Waals surface area contributed by atoms with Gasteiger partial charge in [-0.3, -0.25) is 19.2 Å². The average molecular weight is 2090 g/mol. The van der Waals surface area contributed by atoms with E-state index in [0.717, 1.165) is 46.0 Å². The Morgan fingerprint density at radius 1 is 0.208 bits per heavy atom. The number of thioether (sulfide) groups is 24. The maximum atomic E-state index is 12.1. The largest absolute Gasteiger partial charge is 0.359 e. The third kappa shape index (κ3) is 19.7. The van der Waals surface area contributed by atoms with Crippen molar-refractivity contribution in [1.82, 2.24) is 19.9 Å². The Labute approximate surface area is 798 Å². The van der Waals surface area contributed by atoms with Crippen LogP contribution in [0.25, 0.3) is 0 Å². The van der Waals surface area contributed by atoms with Crippen molar-refractivity contribution in [3.05, 3.63) is 160 Å². The number of allylic oxidation sites excluding steroid dienone is 8. The SMILES string of the molecule is CCCSC1=C(SCCC)SC(=C2Sc3c4[nH]c(c3S2)C(C)(C)c2[nH]c(c3c2SC(=C2SC(SCCC)=C(SCCC)S2)S3)C(C)(C)c2[nH]c(c3c2SC(=C2SC(SCCC)=C(SCCC)S2)S3)C(C)(C)c2[nH]c(c3c2SC(=C2SC(SCCC)=C(SCCC)S2)S3)C4(C)C)S1.O=C1C(F)=C(F)C(=O)C(F)=C1F.O=C1C(F)=C(F)C(=O)C(F)=C1F. The van der Waals surface area contributed by atoms with E-state index < -0.39 is 91.4 Å². The fourth-order valence-corrected chi connectivity index (χ4v) is 48.7. The van der Waals surface area contributed by atoms with Crippen molar-refractivity contribution in [1.29, 1.82) is 0 Å². The molecule has 11 aliphatic rings. The number of fused-ring (bicyclic) bond motifs is 20. The van der Waals surface area contributed by atoms with Gasteiger partial charge in [0.1, 0.15) is 0 Å². The van der Waals surface area contributed by atoms with E-state index in [-0.39, 0.29) is 0 Å². The van der Waals surface area contributed by atoms with Gasteiger partial charge in [-0.15, -0.1) is 94.1 Å². The van der Waals surface area contributed by atoms with Gasteiger partial charge in [0.25, 0.3) is 23.1 Å². The van der Waals surface area contributed by atoms with Gasteiger partial charge in [-0.25, -0.2) is 0 Å². The molecule has 0 amide bonds. The van der Waals surface area contributed by atoms with Crippen LogP contribution >= 0.6 is 282 Å². The van der Waals surface area contributed by atoms with E-state index in [1.54, 1.807) is 0 Å². The van der Waals surface area contributed by atoms with E-state index in [1.165, 1.54) is 204 Å². The van der Waals surface area contributed by atoms with Crippen molar-refractivity contribution in [2.45, 2.75) is 223 Å². The molecule has 8 nitrogen and oxygen atoms in total. The zero-order valence-electron chi connectivity index (χ0n) is 67.8. The fourth-order valence-electron chi connectivity index (χ4n) is 12.7. The van der Waals surface area contributed by atoms with Crippen LogP contribution < -0.4 is 0 Å². The molecule has 0 saturated carbocycles. The monoisotopic (exact) mass is 2080 g/mol. The van der Waals surface area contributed by atoms with E-state index in [2.05, 4.69) is 413 Å². The summed E-state index contributed by atoms with van der Waals surface area (Å²) < 4.78 is 121. The second-order valence-corrected chi connectivity index (χ2v) is 58.8. The molecule has 4 N–H and O–H groups in total. The predicted octanol–water partition coefficient (Wildman–Crippen LogP) is 34.4. The third-order valence-electron chi connectivity index (χ3n) is 18.9. The lowest BCUT2D eigenvalue weighted by Crippen LogP contribution is -2.27. The highest BCUT2D eigenvalue weighted by Gasteiger charge is 2.52. The Balaban J connectivity index is 0.000000445. The Kier molecular flexibility index (Phi) is 34.1. The van der Waals surface area contributed by atoms with E-state index in [1.807, 2.05) is 0 Å². The fraction of sp³-hybridized carbons (Fsp3) is 0.450. The molecule has 0 fully saturated rings. The lowest BCUT2D eigenvalue weighted by molar-refractivity contribution is -0.120. The maximum absolute atomic E-state index is 12.1. The van der Waals surface area contributed by atoms with Crippen LogP contribution in [0.2, 0.25) is 0 Å². The summed E-state index contributed by atoms with van der Waals surface area (Å²) in [6, 6.07) is 0. The summed E-state index contributed by atoms with van der Waals surface area (Å²) in [7, 11) is 0. The average Bonchev–Trinajstić information content (AvgIpc) is 1.53. The molecule has 9 aliphatic heterocycles. The van der Waals surface area contributed by atoms with Crippen LogP contribution in [-0.2, 0) is 40.8 Å². The summed E-state index contributed by atoms with van der Waals surface area (Å²) in [5.74, 6) is -16.7. The molecule has 15 rings (SSSR count). The van der Waals surface area contributed by atoms with Gasteiger partial charge >= 0.3 is 0 Å². The first-order valence-electron chi connectivity index (χ1n) is 38.5. The van der Waals surface area contributed by atoms with Crippen LogP contribution in [0.5, 0.6) is 0 Å². The molecule has 2 aliphatic carbocycles. The first kappa shape index (κ1) is 98.0. The van der Waals surface area contributed by atoms with Crippen LogP contribution in [-0.4, -0.2) is 89.1 Å². The molecule has 8 bridgehead atoms. The van der Waals surface area contributed by atoms with Crippen LogP contribution in [0, 0.1) is 0 Å². The summed E-state index contributed by atoms with van der Waals surface area (Å²) in [5, 5.41) is 0. The number of hydrogen-bond donors (Lipinski definition) is 4. The number of carbonyl (C=O) groups excluding carboxylic acids is 4. The van der Waals surface area contributed by atoms with Crippen molar-refractivity contribution >= 4 is 305 Å². The molecule has 0 saturated heterocycles. The molecule has 120 heavy (non-hydrogen) atoms. The molecule has 0 radical (unpaired) electrons. The number of rotatable bonds is 24. The van der Waals surface area contributed by atoms with Crippen molar-refractivity contribution in [3.63, 3.8) is 0 Å². The van der Waals surface area contributed by atoms with Crippen LogP contribution in [0.3, 0.4) is 0 Å². The topological polar surface area (TPSA) is 131 Å². The predicted molar refractivity (Wildman–Crippen MR) is 534 cm³/mol. The third-order valence-corrected chi connectivity index (χ3v) is 55.2. The highest BCUT2D eigenvalue weighted by molar-refractivity contribution is 8.45. The minimum absolute atomic E-state index is 0.458. The molecule has 0 unspecified atom stereocenters. The number of H-pyrrole nitrogens is 4. The summed E-state index contributed by atoms with van der Waals surface area (Å²) in [6.07, 6.45) is 9.41. The molecule has 0 spiro atoms. The van der Waals surface area contributed by atoms with Crippen molar-refractivity contribution < 1.29 is 54.3 Å². The van der Waals surface area contributed by atoms with Crippen LogP contribution in [0.1, 0.15) is 208 Å². The maximum Gasteiger partial charge on any atom is 0.256 e. The highest BCUT2D eigenvalue weighted by Crippen LogP contribution is 2.74. The quantitative estimate of drug-likeness (QED) is 0.0392. The second kappa shape index (κ2) is 41.8. The van der Waals surface area contributed by atoms with Crippen molar-refractivity contribution in [3.8, 4) is 0 Å². The summed E-state index contributed by atoms with van der Waals surface area (Å²) in [5.41, 5.74) is 8.71. The molecule has 4 aromatic rings. The van der Waals surface area contributed by atoms with Crippen molar-refractivity contribution in [2.75, 3.05) is 46.0 Å². The molecule has 13 heterocycles. The zero-order chi connectivity index (χ0) is 86.5. The number of aromatic nitrogens is 4. The normalized spacial score (nSPS) is 20.5. The number of nitrogens with one attached hydrogen (secondary N) is 4. The molecule has 4 aromatic heterocycles. The number of ketones is 4. The standard InChI is InChI=1S/C68H84N4S24.2C6F4O2/c1-17-25-73-49-50(74-26-18-2)90-61(89-49)57-81-33-34(82-57)42-66(11,12)44-36-38(86-59(84-36)63-93-53(77-29-21-5)54(94-63)78-30-22-6)46(71-44)68(15,16)48-40-39(87-60(88-40)64-95-55(79-31-23-7)56(96-64)80-32-24-8)47(72-48)67(13,14)45-37-35(43(70-45)65(9,10)41(33)69-42)83-58(85-37)62-91-51(75-27-19-3)52(92-62)76-28-20-4;2*7-1-2(8)6(12)4(10)3(9)5(1)11/h69-72H,17-32H2,1-16H3;;. The Hall–Kier alpha value is 0.520. The molecular weight excluding hydrogens is 2000 g/mol. The first-order valence-corrected chi connectivity index (χ1v) is 59.4. The summed E-state index contributed by atoms with van der Waals surface area (Å²) in [4.78, 5) is 69.9. The van der Waals surface area contributed by atoms with Gasteiger partial charge in [0.2, 0.25) is 46.6 Å². The lowest BCUT2D eigenvalue weighted by atomic mass is 9.85. The van der Waals surface area contributed by atoms with Gasteiger partial charge in [0.05, 0.1) is 67.8 Å². The van der Waals surface area contributed by atoms with Gasteiger partial charge in [-0.2, -0.15) is 35.1 Å². The Morgan fingerprint density at radius 3 is 0.425 bits per heavy atom. The summed E-state index contributed by atoms with van der Waals surface area (Å²) >= 11 is 49.4. The molecule has 0 aromatic carbocycles. The number of aromatic amines is 4. The van der Waals surface area contributed by atoms with Gasteiger partial charge in [0, 0.05) is 106 Å². The van der Waals surface area contributed by atoms with Crippen molar-refractivity contribution in [2.24, 2.45) is 0 Å². The van der Waals surface area contributed by atoms with E-state index in [0.29, 0.717) is 0 Å². The number of carbonyl (C=O) groups is 4.